The molecule has 2 fully saturated rings. The smallest absolute Gasteiger partial charge is 0.254 e. The van der Waals surface area contributed by atoms with Gasteiger partial charge >= 0.3 is 0 Å². The first-order valence-corrected chi connectivity index (χ1v) is 13.1. The minimum Gasteiger partial charge on any atom is -0.496 e. The second-order valence-electron chi connectivity index (χ2n) is 9.87. The average Bonchev–Trinajstić information content (AvgIpc) is 3.47. The number of hydrogen-bond donors (Lipinski definition) is 1. The van der Waals surface area contributed by atoms with Gasteiger partial charge in [0.1, 0.15) is 5.75 Å². The molecule has 6 nitrogen and oxygen atoms in total. The molecule has 0 bridgehead atoms. The molecule has 2 heterocycles. The number of amides is 2. The number of methoxy groups -OCH3 is 1. The first-order chi connectivity index (χ1) is 17.7. The van der Waals surface area contributed by atoms with E-state index in [1.165, 1.54) is 18.4 Å². The van der Waals surface area contributed by atoms with Crippen LogP contribution in [0.15, 0.2) is 66.7 Å². The number of hydrogen-bond acceptors (Lipinski definition) is 4. The predicted molar refractivity (Wildman–Crippen MR) is 142 cm³/mol. The molecule has 0 aromatic heterocycles. The average molecular weight is 486 g/mol. The largest absolute Gasteiger partial charge is 0.496 e. The molecule has 5 rings (SSSR count). The van der Waals surface area contributed by atoms with Crippen LogP contribution in [0, 0.1) is 5.92 Å². The van der Waals surface area contributed by atoms with Gasteiger partial charge in [0.2, 0.25) is 5.91 Å². The van der Waals surface area contributed by atoms with E-state index in [1.54, 1.807) is 7.11 Å². The Hall–Kier alpha value is -3.38. The number of carbonyl (C=O) groups is 2. The summed E-state index contributed by atoms with van der Waals surface area (Å²) in [5.74, 6) is 0.587. The number of ether oxygens (including phenoxy) is 1. The van der Waals surface area contributed by atoms with Crippen molar-refractivity contribution in [2.24, 2.45) is 5.92 Å². The molecule has 36 heavy (non-hydrogen) atoms. The van der Waals surface area contributed by atoms with Gasteiger partial charge < -0.3 is 15.0 Å². The third-order valence-corrected chi connectivity index (χ3v) is 7.65. The molecule has 2 atom stereocenters. The Bertz CT molecular complexity index is 1210. The lowest BCUT2D eigenvalue weighted by Gasteiger charge is -2.33. The van der Waals surface area contributed by atoms with E-state index < -0.39 is 0 Å². The minimum absolute atomic E-state index is 0.0226. The molecule has 188 valence electrons. The molecule has 0 aliphatic carbocycles. The molecular formula is C30H35N3O3. The topological polar surface area (TPSA) is 61.9 Å². The van der Waals surface area contributed by atoms with E-state index in [4.69, 9.17) is 4.74 Å². The number of benzene rings is 3. The van der Waals surface area contributed by atoms with Crippen LogP contribution < -0.4 is 10.1 Å². The molecule has 2 unspecified atom stereocenters. The zero-order valence-corrected chi connectivity index (χ0v) is 21.0. The van der Waals surface area contributed by atoms with Crippen molar-refractivity contribution >= 4 is 22.6 Å². The fraction of sp³-hybridized carbons (Fsp3) is 0.400. The van der Waals surface area contributed by atoms with Crippen molar-refractivity contribution in [2.45, 2.75) is 31.7 Å². The molecular weight excluding hydrogens is 450 g/mol. The molecule has 0 radical (unpaired) electrons. The first kappa shape index (κ1) is 24.3. The molecule has 2 aliphatic rings. The SMILES string of the molecule is COc1ccc(C(=O)N2CCCC(C(=O)NCC(c3ccccc3)N3CCCC3)C2)c2ccccc12. The van der Waals surface area contributed by atoms with E-state index in [0.29, 0.717) is 25.2 Å². The number of nitrogens with one attached hydrogen (secondary N) is 1. The van der Waals surface area contributed by atoms with E-state index in [1.807, 2.05) is 47.4 Å². The van der Waals surface area contributed by atoms with Crippen LogP contribution in [0.25, 0.3) is 10.8 Å². The standard InChI is InChI=1S/C30H35N3O3/c1-36-28-16-15-26(24-13-5-6-14-25(24)28)30(35)33-19-9-12-23(21-33)29(34)31-20-27(32-17-7-8-18-32)22-10-3-2-4-11-22/h2-6,10-11,13-16,23,27H,7-9,12,17-21H2,1H3,(H,31,34). The summed E-state index contributed by atoms with van der Waals surface area (Å²) in [5.41, 5.74) is 1.90. The molecule has 2 aliphatic heterocycles. The maximum Gasteiger partial charge on any atom is 0.254 e. The maximum absolute atomic E-state index is 13.6. The quantitative estimate of drug-likeness (QED) is 0.529. The molecule has 0 spiro atoms. The zero-order chi connectivity index (χ0) is 24.9. The monoisotopic (exact) mass is 485 g/mol. The summed E-state index contributed by atoms with van der Waals surface area (Å²) in [7, 11) is 1.64. The summed E-state index contributed by atoms with van der Waals surface area (Å²) in [6.07, 6.45) is 4.04. The fourth-order valence-electron chi connectivity index (χ4n) is 5.71. The Kier molecular flexibility index (Phi) is 7.52. The second kappa shape index (κ2) is 11.1. The van der Waals surface area contributed by atoms with Gasteiger partial charge in [-0.05, 0) is 61.9 Å². The lowest BCUT2D eigenvalue weighted by Crippen LogP contribution is -2.47. The lowest BCUT2D eigenvalue weighted by atomic mass is 9.95. The number of rotatable bonds is 7. The third-order valence-electron chi connectivity index (χ3n) is 7.65. The number of fused-ring (bicyclic) bond motifs is 1. The van der Waals surface area contributed by atoms with Crippen LogP contribution >= 0.6 is 0 Å². The zero-order valence-electron chi connectivity index (χ0n) is 21.0. The summed E-state index contributed by atoms with van der Waals surface area (Å²) in [6.45, 7) is 3.85. The fourth-order valence-corrected chi connectivity index (χ4v) is 5.71. The van der Waals surface area contributed by atoms with Crippen molar-refractivity contribution in [1.82, 2.24) is 15.1 Å². The van der Waals surface area contributed by atoms with Gasteiger partial charge in [-0.15, -0.1) is 0 Å². The van der Waals surface area contributed by atoms with Crippen molar-refractivity contribution < 1.29 is 14.3 Å². The number of piperidine rings is 1. The molecule has 2 amide bonds. The Morgan fingerprint density at radius 2 is 1.64 bits per heavy atom. The Morgan fingerprint density at radius 1 is 0.917 bits per heavy atom. The van der Waals surface area contributed by atoms with Crippen LogP contribution in [-0.2, 0) is 4.79 Å². The van der Waals surface area contributed by atoms with Crippen molar-refractivity contribution in [2.75, 3.05) is 39.8 Å². The van der Waals surface area contributed by atoms with Crippen LogP contribution in [0.1, 0.15) is 47.6 Å². The summed E-state index contributed by atoms with van der Waals surface area (Å²) in [6, 6.07) is 22.2. The maximum atomic E-state index is 13.6. The highest BCUT2D eigenvalue weighted by Crippen LogP contribution is 2.30. The van der Waals surface area contributed by atoms with Crippen LogP contribution in [0.5, 0.6) is 5.75 Å². The predicted octanol–water partition coefficient (Wildman–Crippen LogP) is 4.65. The van der Waals surface area contributed by atoms with Gasteiger partial charge in [-0.25, -0.2) is 0 Å². The molecule has 3 aromatic carbocycles. The van der Waals surface area contributed by atoms with Crippen LogP contribution in [0.3, 0.4) is 0 Å². The van der Waals surface area contributed by atoms with E-state index in [-0.39, 0.29) is 23.8 Å². The molecule has 6 heteroatoms. The summed E-state index contributed by atoms with van der Waals surface area (Å²) < 4.78 is 5.49. The normalized spacial score (nSPS) is 19.2. The van der Waals surface area contributed by atoms with Crippen molar-refractivity contribution in [3.05, 3.63) is 77.9 Å². The van der Waals surface area contributed by atoms with Gasteiger partial charge in [-0.3, -0.25) is 14.5 Å². The second-order valence-corrected chi connectivity index (χ2v) is 9.87. The summed E-state index contributed by atoms with van der Waals surface area (Å²) >= 11 is 0. The Labute approximate surface area is 213 Å². The first-order valence-electron chi connectivity index (χ1n) is 13.1. The summed E-state index contributed by atoms with van der Waals surface area (Å²) in [4.78, 5) is 31.1. The van der Waals surface area contributed by atoms with E-state index in [0.717, 1.165) is 42.5 Å². The highest BCUT2D eigenvalue weighted by molar-refractivity contribution is 6.08. The van der Waals surface area contributed by atoms with Crippen molar-refractivity contribution in [3.63, 3.8) is 0 Å². The highest BCUT2D eigenvalue weighted by atomic mass is 16.5. The van der Waals surface area contributed by atoms with Crippen molar-refractivity contribution in [3.8, 4) is 5.75 Å². The van der Waals surface area contributed by atoms with Gasteiger partial charge in [0.25, 0.3) is 5.91 Å². The van der Waals surface area contributed by atoms with Gasteiger partial charge in [0.15, 0.2) is 0 Å². The van der Waals surface area contributed by atoms with E-state index in [9.17, 15) is 9.59 Å². The van der Waals surface area contributed by atoms with Crippen LogP contribution in [0.4, 0.5) is 0 Å². The van der Waals surface area contributed by atoms with Crippen LogP contribution in [-0.4, -0.2) is 61.4 Å². The van der Waals surface area contributed by atoms with Gasteiger partial charge in [-0.1, -0.05) is 54.6 Å². The van der Waals surface area contributed by atoms with Crippen molar-refractivity contribution in [1.29, 1.82) is 0 Å². The Morgan fingerprint density at radius 3 is 2.39 bits per heavy atom. The third kappa shape index (κ3) is 5.09. The molecule has 1 N–H and O–H groups in total. The number of nitrogens with zero attached hydrogens (tertiary/aromatic N) is 2. The Balaban J connectivity index is 1.27. The molecule has 0 saturated carbocycles. The minimum atomic E-state index is -0.192. The molecule has 2 saturated heterocycles. The van der Waals surface area contributed by atoms with E-state index >= 15 is 0 Å². The number of likely N-dealkylation sites (tertiary alicyclic amines) is 2. The van der Waals surface area contributed by atoms with Gasteiger partial charge in [-0.2, -0.15) is 0 Å². The summed E-state index contributed by atoms with van der Waals surface area (Å²) in [5, 5.41) is 5.04. The lowest BCUT2D eigenvalue weighted by molar-refractivity contribution is -0.126. The van der Waals surface area contributed by atoms with Gasteiger partial charge in [0.05, 0.1) is 19.1 Å². The van der Waals surface area contributed by atoms with E-state index in [2.05, 4.69) is 34.5 Å². The number of carbonyl (C=O) groups excluding carboxylic acids is 2. The van der Waals surface area contributed by atoms with Gasteiger partial charge in [0, 0.05) is 30.6 Å². The highest BCUT2D eigenvalue weighted by Gasteiger charge is 2.31. The molecule has 3 aromatic rings. The van der Waals surface area contributed by atoms with Crippen LogP contribution in [0.2, 0.25) is 0 Å².